The lowest BCUT2D eigenvalue weighted by atomic mass is 9.91. The number of fused-ring (bicyclic) bond motifs is 3. The standard InChI is InChI=1S/C20H28N4O3/c1-20(19(26)22-14-6-3-2-4-7-14)13-23-15-8-11-27-17(15)12-16(23)18(25)24(20)10-5-9-21/h8,11-12,14H,2-7,9-10,13,21H2,1H3,(H,22,26). The van der Waals surface area contributed by atoms with E-state index in [9.17, 15) is 9.59 Å². The summed E-state index contributed by atoms with van der Waals surface area (Å²) in [6.45, 7) is 3.23. The Morgan fingerprint density at radius 2 is 2.15 bits per heavy atom. The van der Waals surface area contributed by atoms with Crippen LogP contribution in [0.1, 0.15) is 55.9 Å². The summed E-state index contributed by atoms with van der Waals surface area (Å²) in [4.78, 5) is 28.3. The molecule has 2 aliphatic rings. The molecule has 2 aromatic heterocycles. The van der Waals surface area contributed by atoms with Crippen molar-refractivity contribution in [3.63, 3.8) is 0 Å². The molecule has 2 aromatic rings. The van der Waals surface area contributed by atoms with E-state index in [0.29, 0.717) is 37.3 Å². The maximum absolute atomic E-state index is 13.3. The van der Waals surface area contributed by atoms with E-state index in [1.165, 1.54) is 6.42 Å². The number of hydrogen-bond acceptors (Lipinski definition) is 4. The Morgan fingerprint density at radius 1 is 1.37 bits per heavy atom. The zero-order valence-electron chi connectivity index (χ0n) is 15.9. The highest BCUT2D eigenvalue weighted by Gasteiger charge is 2.48. The minimum absolute atomic E-state index is 0.0734. The molecule has 1 aliphatic heterocycles. The monoisotopic (exact) mass is 372 g/mol. The van der Waals surface area contributed by atoms with Crippen LogP contribution in [0.5, 0.6) is 0 Å². The van der Waals surface area contributed by atoms with E-state index in [0.717, 1.165) is 31.2 Å². The van der Waals surface area contributed by atoms with Crippen molar-refractivity contribution in [2.75, 3.05) is 13.1 Å². The number of rotatable bonds is 5. The normalized spacial score (nSPS) is 23.6. The van der Waals surface area contributed by atoms with Gasteiger partial charge in [0.15, 0.2) is 5.58 Å². The first-order valence-corrected chi connectivity index (χ1v) is 9.94. The van der Waals surface area contributed by atoms with Gasteiger partial charge in [0.25, 0.3) is 5.91 Å². The van der Waals surface area contributed by atoms with Crippen molar-refractivity contribution in [1.29, 1.82) is 0 Å². The summed E-state index contributed by atoms with van der Waals surface area (Å²) >= 11 is 0. The molecular formula is C20H28N4O3. The van der Waals surface area contributed by atoms with Crippen molar-refractivity contribution in [2.24, 2.45) is 5.73 Å². The SMILES string of the molecule is CC1(C(=O)NC2CCCCC2)Cn2c(cc3occc32)C(=O)N1CCCN. The van der Waals surface area contributed by atoms with Gasteiger partial charge in [-0.25, -0.2) is 0 Å². The van der Waals surface area contributed by atoms with Gasteiger partial charge in [0.2, 0.25) is 5.91 Å². The molecule has 0 bridgehead atoms. The van der Waals surface area contributed by atoms with Gasteiger partial charge in [0.1, 0.15) is 11.2 Å². The maximum atomic E-state index is 13.3. The third-order valence-corrected chi connectivity index (χ3v) is 6.06. The van der Waals surface area contributed by atoms with E-state index in [1.807, 2.05) is 17.6 Å². The highest BCUT2D eigenvalue weighted by molar-refractivity contribution is 6.02. The molecule has 2 amide bonds. The summed E-state index contributed by atoms with van der Waals surface area (Å²) in [6.07, 6.45) is 7.83. The first-order valence-electron chi connectivity index (χ1n) is 9.94. The van der Waals surface area contributed by atoms with Gasteiger partial charge in [-0.3, -0.25) is 9.59 Å². The number of nitrogens with one attached hydrogen (secondary N) is 1. The number of nitrogens with two attached hydrogens (primary N) is 1. The van der Waals surface area contributed by atoms with Crippen molar-refractivity contribution in [1.82, 2.24) is 14.8 Å². The predicted molar refractivity (Wildman–Crippen MR) is 102 cm³/mol. The van der Waals surface area contributed by atoms with Crippen LogP contribution < -0.4 is 11.1 Å². The summed E-state index contributed by atoms with van der Waals surface area (Å²) in [7, 11) is 0. The molecule has 146 valence electrons. The molecule has 1 aliphatic carbocycles. The van der Waals surface area contributed by atoms with E-state index >= 15 is 0 Å². The van der Waals surface area contributed by atoms with Crippen LogP contribution in [0.3, 0.4) is 0 Å². The number of aromatic nitrogens is 1. The molecule has 0 radical (unpaired) electrons. The summed E-state index contributed by atoms with van der Waals surface area (Å²) in [5.74, 6) is -0.210. The highest BCUT2D eigenvalue weighted by Crippen LogP contribution is 2.33. The van der Waals surface area contributed by atoms with Crippen molar-refractivity contribution >= 4 is 22.9 Å². The molecular weight excluding hydrogens is 344 g/mol. The van der Waals surface area contributed by atoms with Gasteiger partial charge < -0.3 is 24.9 Å². The number of carbonyl (C=O) groups excluding carboxylic acids is 2. The second-order valence-electron chi connectivity index (χ2n) is 7.97. The van der Waals surface area contributed by atoms with Crippen LogP contribution in [-0.4, -0.2) is 46.0 Å². The Labute approximate surface area is 158 Å². The number of amides is 2. The molecule has 0 aromatic carbocycles. The lowest BCUT2D eigenvalue weighted by molar-refractivity contribution is -0.133. The maximum Gasteiger partial charge on any atom is 0.271 e. The molecule has 0 spiro atoms. The van der Waals surface area contributed by atoms with E-state index in [4.69, 9.17) is 10.2 Å². The number of furan rings is 1. The lowest BCUT2D eigenvalue weighted by Gasteiger charge is -2.44. The third-order valence-electron chi connectivity index (χ3n) is 6.06. The van der Waals surface area contributed by atoms with Crippen LogP contribution in [0.4, 0.5) is 0 Å². The summed E-state index contributed by atoms with van der Waals surface area (Å²) < 4.78 is 7.39. The highest BCUT2D eigenvalue weighted by atomic mass is 16.3. The van der Waals surface area contributed by atoms with Gasteiger partial charge in [-0.2, -0.15) is 0 Å². The van der Waals surface area contributed by atoms with Crippen molar-refractivity contribution < 1.29 is 14.0 Å². The fourth-order valence-electron chi connectivity index (χ4n) is 4.46. The minimum Gasteiger partial charge on any atom is -0.463 e. The summed E-state index contributed by atoms with van der Waals surface area (Å²) in [5, 5.41) is 3.22. The molecule has 1 fully saturated rings. The number of carbonyl (C=O) groups is 2. The molecule has 1 atom stereocenters. The number of hydrogen-bond donors (Lipinski definition) is 2. The molecule has 1 unspecified atom stereocenters. The van der Waals surface area contributed by atoms with Gasteiger partial charge in [-0.1, -0.05) is 19.3 Å². The van der Waals surface area contributed by atoms with E-state index < -0.39 is 5.54 Å². The lowest BCUT2D eigenvalue weighted by Crippen LogP contribution is -2.65. The van der Waals surface area contributed by atoms with Gasteiger partial charge in [-0.15, -0.1) is 0 Å². The predicted octanol–water partition coefficient (Wildman–Crippen LogP) is 2.25. The Kier molecular flexibility index (Phi) is 4.72. The van der Waals surface area contributed by atoms with Crippen molar-refractivity contribution in [3.8, 4) is 0 Å². The molecule has 7 heteroatoms. The van der Waals surface area contributed by atoms with Gasteiger partial charge in [0, 0.05) is 24.7 Å². The van der Waals surface area contributed by atoms with Crippen LogP contribution in [0.2, 0.25) is 0 Å². The van der Waals surface area contributed by atoms with Crippen molar-refractivity contribution in [2.45, 2.75) is 63.6 Å². The van der Waals surface area contributed by atoms with Crippen LogP contribution in [0.25, 0.3) is 11.1 Å². The smallest absolute Gasteiger partial charge is 0.271 e. The molecule has 27 heavy (non-hydrogen) atoms. The average Bonchev–Trinajstić information content (AvgIpc) is 3.25. The fraction of sp³-hybridized carbons (Fsp3) is 0.600. The van der Waals surface area contributed by atoms with Gasteiger partial charge in [-0.05, 0) is 32.7 Å². The van der Waals surface area contributed by atoms with Crippen LogP contribution in [-0.2, 0) is 11.3 Å². The second kappa shape index (κ2) is 7.03. The van der Waals surface area contributed by atoms with Crippen LogP contribution in [0.15, 0.2) is 22.8 Å². The largest absolute Gasteiger partial charge is 0.463 e. The Hall–Kier alpha value is -2.28. The van der Waals surface area contributed by atoms with Crippen molar-refractivity contribution in [3.05, 3.63) is 24.1 Å². The Bertz CT molecular complexity index is 849. The quantitative estimate of drug-likeness (QED) is 0.842. The van der Waals surface area contributed by atoms with Crippen LogP contribution >= 0.6 is 0 Å². The molecule has 3 N–H and O–H groups in total. The third kappa shape index (κ3) is 3.04. The Morgan fingerprint density at radius 3 is 2.89 bits per heavy atom. The average molecular weight is 372 g/mol. The first-order chi connectivity index (χ1) is 13.0. The Balaban J connectivity index is 1.67. The van der Waals surface area contributed by atoms with E-state index in [1.54, 1.807) is 17.2 Å². The molecule has 7 nitrogen and oxygen atoms in total. The molecule has 4 rings (SSSR count). The molecule has 0 saturated heterocycles. The van der Waals surface area contributed by atoms with E-state index in [-0.39, 0.29) is 17.9 Å². The summed E-state index contributed by atoms with van der Waals surface area (Å²) in [6, 6.07) is 3.82. The van der Waals surface area contributed by atoms with Gasteiger partial charge >= 0.3 is 0 Å². The van der Waals surface area contributed by atoms with Crippen LogP contribution in [0, 0.1) is 0 Å². The molecule has 3 heterocycles. The zero-order chi connectivity index (χ0) is 19.0. The zero-order valence-corrected chi connectivity index (χ0v) is 15.9. The fourth-order valence-corrected chi connectivity index (χ4v) is 4.46. The topological polar surface area (TPSA) is 93.5 Å². The minimum atomic E-state index is -0.945. The first kappa shape index (κ1) is 18.1. The second-order valence-corrected chi connectivity index (χ2v) is 7.97. The van der Waals surface area contributed by atoms with E-state index in [2.05, 4.69) is 5.32 Å². The number of nitrogens with zero attached hydrogens (tertiary/aromatic N) is 2. The van der Waals surface area contributed by atoms with Gasteiger partial charge in [0.05, 0.1) is 18.3 Å². The molecule has 1 saturated carbocycles. The summed E-state index contributed by atoms with van der Waals surface area (Å²) in [5.41, 5.74) is 6.84.